The summed E-state index contributed by atoms with van der Waals surface area (Å²) in [7, 11) is 0. The summed E-state index contributed by atoms with van der Waals surface area (Å²) in [6.07, 6.45) is 5.64. The molecule has 0 radical (unpaired) electrons. The summed E-state index contributed by atoms with van der Waals surface area (Å²) < 4.78 is 33.9. The minimum Gasteiger partial charge on any atom is -0.434 e. The molecule has 1 unspecified atom stereocenters. The van der Waals surface area contributed by atoms with Crippen molar-refractivity contribution in [2.45, 2.75) is 25.6 Å². The number of aromatic nitrogens is 5. The maximum absolute atomic E-state index is 13.3. The van der Waals surface area contributed by atoms with Gasteiger partial charge in [-0.25, -0.2) is 9.50 Å². The van der Waals surface area contributed by atoms with Gasteiger partial charge in [-0.15, -0.1) is 0 Å². The number of Topliss-reactive ketones (excluding diaryl/α,β-unsaturated/α-hetero) is 3. The van der Waals surface area contributed by atoms with Crippen molar-refractivity contribution in [2.75, 3.05) is 31.5 Å². The number of hydrogen-bond acceptors (Lipinski definition) is 10. The number of hydrogen-bond donors (Lipinski definition) is 1. The van der Waals surface area contributed by atoms with E-state index in [1.807, 2.05) is 0 Å². The summed E-state index contributed by atoms with van der Waals surface area (Å²) in [5, 5.41) is 11.4. The molecule has 45 heavy (non-hydrogen) atoms. The lowest BCUT2D eigenvalue weighted by atomic mass is 10.1. The molecule has 1 atom stereocenters. The van der Waals surface area contributed by atoms with Gasteiger partial charge in [-0.05, 0) is 24.3 Å². The molecule has 4 aromatic rings. The number of halogens is 3. The lowest BCUT2D eigenvalue weighted by Crippen LogP contribution is -2.53. The van der Waals surface area contributed by atoms with Crippen LogP contribution in [0.3, 0.4) is 0 Å². The largest absolute Gasteiger partial charge is 0.434 e. The van der Waals surface area contributed by atoms with Gasteiger partial charge in [0.15, 0.2) is 5.65 Å². The fourth-order valence-corrected chi connectivity index (χ4v) is 5.49. The van der Waals surface area contributed by atoms with E-state index in [4.69, 9.17) is 11.6 Å². The van der Waals surface area contributed by atoms with E-state index in [-0.39, 0.29) is 84.0 Å². The Labute approximate surface area is 257 Å². The van der Waals surface area contributed by atoms with Crippen molar-refractivity contribution in [1.82, 2.24) is 34.2 Å². The van der Waals surface area contributed by atoms with Crippen LogP contribution in [0.25, 0.3) is 16.9 Å². The second-order valence-corrected chi connectivity index (χ2v) is 10.7. The summed E-state index contributed by atoms with van der Waals surface area (Å²) in [6.45, 7) is -2.44. The van der Waals surface area contributed by atoms with Gasteiger partial charge in [-0.2, -0.15) is 19.0 Å². The van der Waals surface area contributed by atoms with E-state index in [0.717, 1.165) is 0 Å². The minimum absolute atomic E-state index is 0.0117. The first kappa shape index (κ1) is 30.0. The first-order chi connectivity index (χ1) is 21.6. The van der Waals surface area contributed by atoms with Crippen LogP contribution < -0.4 is 10.1 Å². The van der Waals surface area contributed by atoms with Crippen LogP contribution in [0.1, 0.15) is 16.8 Å². The molecule has 1 saturated carbocycles. The topological polar surface area (TPSA) is 161 Å². The molecule has 0 spiro atoms. The maximum Gasteiger partial charge on any atom is 0.387 e. The Hall–Kier alpha value is -5.09. The van der Waals surface area contributed by atoms with Gasteiger partial charge in [0.25, 0.3) is 11.7 Å². The third kappa shape index (κ3) is 6.01. The average molecular weight is 641 g/mol. The quantitative estimate of drug-likeness (QED) is 0.281. The lowest BCUT2D eigenvalue weighted by molar-refractivity contribution is -0.141. The molecule has 6 rings (SSSR count). The highest BCUT2D eigenvalue weighted by molar-refractivity contribution is 6.68. The predicted molar refractivity (Wildman–Crippen MR) is 152 cm³/mol. The molecule has 17 heteroatoms. The van der Waals surface area contributed by atoms with Crippen molar-refractivity contribution < 1.29 is 37.5 Å². The van der Waals surface area contributed by atoms with Crippen LogP contribution in [0.15, 0.2) is 49.1 Å². The van der Waals surface area contributed by atoms with Crippen LogP contribution >= 0.6 is 11.6 Å². The predicted octanol–water partition coefficient (Wildman–Crippen LogP) is 1.72. The highest BCUT2D eigenvalue weighted by atomic mass is 35.5. The third-order valence-corrected chi connectivity index (χ3v) is 7.75. The maximum atomic E-state index is 13.3. The molecular formula is C28H23ClF2N8O6. The molecule has 1 aromatic carbocycles. The van der Waals surface area contributed by atoms with Crippen molar-refractivity contribution in [3.63, 3.8) is 0 Å². The number of nitrogens with zero attached hydrogens (tertiary/aromatic N) is 7. The number of piperazine rings is 1. The summed E-state index contributed by atoms with van der Waals surface area (Å²) in [4.78, 5) is 69.5. The number of anilines is 1. The van der Waals surface area contributed by atoms with Crippen molar-refractivity contribution in [3.8, 4) is 17.0 Å². The Morgan fingerprint density at radius 2 is 1.91 bits per heavy atom. The van der Waals surface area contributed by atoms with E-state index in [2.05, 4.69) is 25.2 Å². The molecule has 1 aliphatic heterocycles. The number of fused-ring (bicyclic) bond motifs is 1. The Bertz CT molecular complexity index is 1850. The van der Waals surface area contributed by atoms with Gasteiger partial charge in [-0.1, -0.05) is 11.6 Å². The highest BCUT2D eigenvalue weighted by Gasteiger charge is 2.43. The zero-order chi connectivity index (χ0) is 31.8. The van der Waals surface area contributed by atoms with Crippen molar-refractivity contribution in [1.29, 1.82) is 0 Å². The molecule has 1 N–H and O–H groups in total. The van der Waals surface area contributed by atoms with Crippen molar-refractivity contribution in [3.05, 3.63) is 59.6 Å². The first-order valence-electron chi connectivity index (χ1n) is 13.6. The van der Waals surface area contributed by atoms with Crippen molar-refractivity contribution in [2.24, 2.45) is 0 Å². The minimum atomic E-state index is -3.16. The Morgan fingerprint density at radius 1 is 1.13 bits per heavy atom. The number of benzene rings is 1. The Kier molecular flexibility index (Phi) is 8.07. The molecule has 4 heterocycles. The average Bonchev–Trinajstić information content (AvgIpc) is 3.70. The van der Waals surface area contributed by atoms with Crippen LogP contribution in [-0.4, -0.2) is 102 Å². The molecule has 1 saturated heterocycles. The number of alkyl halides is 2. The first-order valence-corrected chi connectivity index (χ1v) is 14.0. The Morgan fingerprint density at radius 3 is 2.62 bits per heavy atom. The smallest absolute Gasteiger partial charge is 0.387 e. The molecule has 3 aromatic heterocycles. The molecule has 2 amide bonds. The normalized spacial score (nSPS) is 17.5. The fraction of sp³-hybridized carbons (Fsp3) is 0.286. The van der Waals surface area contributed by atoms with E-state index >= 15 is 0 Å². The van der Waals surface area contributed by atoms with Gasteiger partial charge < -0.3 is 15.0 Å². The SMILES string of the molecule is O=C1CC(N2CCN(C(=O)Cn3cc(NC(=O)c4cnn5cccnc45)c(-c4cc(Cl)ccc4OC(F)F)n3)CC2)C(=O)C1=O. The lowest BCUT2D eigenvalue weighted by Gasteiger charge is -2.36. The van der Waals surface area contributed by atoms with E-state index in [1.54, 1.807) is 17.2 Å². The monoisotopic (exact) mass is 640 g/mol. The number of ketones is 3. The molecular weight excluding hydrogens is 618 g/mol. The highest BCUT2D eigenvalue weighted by Crippen LogP contribution is 2.37. The summed E-state index contributed by atoms with van der Waals surface area (Å²) in [5.41, 5.74) is 0.528. The number of carbonyl (C=O) groups excluding carboxylic acids is 5. The second-order valence-electron chi connectivity index (χ2n) is 10.3. The van der Waals surface area contributed by atoms with Crippen LogP contribution in [-0.2, 0) is 25.7 Å². The van der Waals surface area contributed by atoms with E-state index < -0.39 is 35.9 Å². The Balaban J connectivity index is 1.24. The molecule has 0 bridgehead atoms. The number of carbonyl (C=O) groups is 5. The second kappa shape index (κ2) is 12.1. The number of amides is 2. The van der Waals surface area contributed by atoms with E-state index in [1.165, 1.54) is 50.9 Å². The van der Waals surface area contributed by atoms with Crippen molar-refractivity contribution >= 4 is 52.1 Å². The third-order valence-electron chi connectivity index (χ3n) is 7.51. The van der Waals surface area contributed by atoms with Gasteiger partial charge in [0.1, 0.15) is 23.6 Å². The van der Waals surface area contributed by atoms with Gasteiger partial charge in [0, 0.05) is 61.8 Å². The van der Waals surface area contributed by atoms with Crippen LogP contribution in [0.5, 0.6) is 5.75 Å². The zero-order valence-electron chi connectivity index (χ0n) is 23.2. The molecule has 1 aliphatic carbocycles. The number of rotatable bonds is 8. The van der Waals surface area contributed by atoms with Crippen LogP contribution in [0.4, 0.5) is 14.5 Å². The van der Waals surface area contributed by atoms with Gasteiger partial charge >= 0.3 is 6.61 Å². The van der Waals surface area contributed by atoms with E-state index in [0.29, 0.717) is 0 Å². The van der Waals surface area contributed by atoms with Gasteiger partial charge in [0.05, 0.1) is 17.9 Å². The number of nitrogens with one attached hydrogen (secondary N) is 1. The van der Waals surface area contributed by atoms with Gasteiger partial charge in [-0.3, -0.25) is 33.6 Å². The molecule has 232 valence electrons. The number of ether oxygens (including phenoxy) is 1. The zero-order valence-corrected chi connectivity index (χ0v) is 24.0. The summed E-state index contributed by atoms with van der Waals surface area (Å²) >= 11 is 6.18. The molecule has 2 fully saturated rings. The molecule has 14 nitrogen and oxygen atoms in total. The van der Waals surface area contributed by atoms with Crippen LogP contribution in [0, 0.1) is 0 Å². The summed E-state index contributed by atoms with van der Waals surface area (Å²) in [6, 6.07) is 4.77. The standard InChI is InChI=1S/C28H23ClF2N8O6/c29-15-2-3-21(45-28(30)31)16(10-15)23-18(34-27(44)17-12-33-39-5-1-4-32-26(17)39)13-38(35-23)14-22(41)37-8-6-36(7-9-37)19-11-20(40)25(43)24(19)42/h1-5,10,12-13,19,28H,6-9,11,14H2,(H,34,44). The fourth-order valence-electron chi connectivity index (χ4n) is 5.32. The van der Waals surface area contributed by atoms with E-state index in [9.17, 15) is 32.8 Å². The summed E-state index contributed by atoms with van der Waals surface area (Å²) in [5.74, 6) is -3.66. The van der Waals surface area contributed by atoms with Crippen LogP contribution in [0.2, 0.25) is 5.02 Å². The van der Waals surface area contributed by atoms with Gasteiger partial charge in [0.2, 0.25) is 17.5 Å². The molecule has 2 aliphatic rings.